The molecule has 0 aromatic heterocycles. The molecule has 3 aromatic rings. The van der Waals surface area contributed by atoms with Gasteiger partial charge in [-0.3, -0.25) is 4.79 Å². The van der Waals surface area contributed by atoms with Crippen LogP contribution in [0.15, 0.2) is 77.9 Å². The summed E-state index contributed by atoms with van der Waals surface area (Å²) in [5, 5.41) is 12.9. The summed E-state index contributed by atoms with van der Waals surface area (Å²) in [4.78, 5) is 12.0. The summed E-state index contributed by atoms with van der Waals surface area (Å²) < 4.78 is 11.2. The van der Waals surface area contributed by atoms with Gasteiger partial charge in [-0.2, -0.15) is 10.4 Å². The smallest absolute Gasteiger partial charge is 0.277 e. The molecule has 6 heteroatoms. The highest BCUT2D eigenvalue weighted by Gasteiger charge is 2.05. The van der Waals surface area contributed by atoms with Crippen molar-refractivity contribution in [2.45, 2.75) is 20.0 Å². The summed E-state index contributed by atoms with van der Waals surface area (Å²) in [5.74, 6) is 0.913. The molecule has 0 radical (unpaired) electrons. The van der Waals surface area contributed by atoms with Crippen LogP contribution in [0.2, 0.25) is 0 Å². The van der Waals surface area contributed by atoms with Gasteiger partial charge in [-0.15, -0.1) is 0 Å². The highest BCUT2D eigenvalue weighted by Crippen LogP contribution is 2.23. The van der Waals surface area contributed by atoms with Gasteiger partial charge in [-0.25, -0.2) is 5.43 Å². The molecule has 0 saturated heterocycles. The summed E-state index contributed by atoms with van der Waals surface area (Å²) in [5.41, 5.74) is 5.84. The van der Waals surface area contributed by atoms with Crippen LogP contribution in [0.1, 0.15) is 25.0 Å². The summed E-state index contributed by atoms with van der Waals surface area (Å²) in [6.07, 6.45) is 1.59. The van der Waals surface area contributed by atoms with Crippen LogP contribution in [0.4, 0.5) is 0 Å². The van der Waals surface area contributed by atoms with Crippen LogP contribution < -0.4 is 14.9 Å². The number of nitrogens with one attached hydrogen (secondary N) is 1. The van der Waals surface area contributed by atoms with Crippen molar-refractivity contribution < 1.29 is 14.3 Å². The standard InChI is InChI=1S/C25H23N3O3/c1-18(2)31-24-6-4-3-5-22(24)16-27-28-25(29)17-30-23-13-11-21(12-14-23)20-9-7-19(15-26)8-10-20/h3-14,16,18H,17H2,1-2H3,(H,28,29). The number of benzene rings is 3. The normalized spacial score (nSPS) is 10.6. The van der Waals surface area contributed by atoms with E-state index in [0.717, 1.165) is 16.7 Å². The number of rotatable bonds is 8. The number of hydrazone groups is 1. The van der Waals surface area contributed by atoms with E-state index >= 15 is 0 Å². The van der Waals surface area contributed by atoms with E-state index in [0.29, 0.717) is 17.1 Å². The average Bonchev–Trinajstić information content (AvgIpc) is 2.79. The average molecular weight is 413 g/mol. The van der Waals surface area contributed by atoms with Gasteiger partial charge in [0.1, 0.15) is 11.5 Å². The first kappa shape index (κ1) is 21.6. The molecular weight excluding hydrogens is 390 g/mol. The predicted molar refractivity (Wildman–Crippen MR) is 120 cm³/mol. The van der Waals surface area contributed by atoms with Gasteiger partial charge in [0.15, 0.2) is 6.61 Å². The minimum absolute atomic E-state index is 0.0424. The second kappa shape index (κ2) is 10.6. The topological polar surface area (TPSA) is 83.7 Å². The van der Waals surface area contributed by atoms with Gasteiger partial charge in [0.05, 0.1) is 24.0 Å². The van der Waals surface area contributed by atoms with E-state index < -0.39 is 0 Å². The Bertz CT molecular complexity index is 1080. The lowest BCUT2D eigenvalue weighted by Gasteiger charge is -2.11. The summed E-state index contributed by atoms with van der Waals surface area (Å²) >= 11 is 0. The van der Waals surface area contributed by atoms with Crippen molar-refractivity contribution in [3.63, 3.8) is 0 Å². The number of nitriles is 1. The number of hydrogen-bond donors (Lipinski definition) is 1. The van der Waals surface area contributed by atoms with Crippen LogP contribution in [0, 0.1) is 11.3 Å². The van der Waals surface area contributed by atoms with Gasteiger partial charge in [0, 0.05) is 5.56 Å². The molecule has 6 nitrogen and oxygen atoms in total. The maximum absolute atomic E-state index is 12.0. The van der Waals surface area contributed by atoms with Crippen molar-refractivity contribution in [3.8, 4) is 28.7 Å². The largest absolute Gasteiger partial charge is 0.490 e. The fourth-order valence-corrected chi connectivity index (χ4v) is 2.78. The van der Waals surface area contributed by atoms with Gasteiger partial charge in [-0.1, -0.05) is 36.4 Å². The summed E-state index contributed by atoms with van der Waals surface area (Å²) in [6, 6.07) is 24.3. The Morgan fingerprint density at radius 1 is 1.03 bits per heavy atom. The van der Waals surface area contributed by atoms with E-state index in [1.54, 1.807) is 30.5 Å². The van der Waals surface area contributed by atoms with Gasteiger partial charge < -0.3 is 9.47 Å². The number of carbonyl (C=O) groups is 1. The second-order valence-electron chi connectivity index (χ2n) is 7.00. The van der Waals surface area contributed by atoms with E-state index in [1.807, 2.05) is 62.4 Å². The third-order valence-electron chi connectivity index (χ3n) is 4.25. The molecule has 156 valence electrons. The monoisotopic (exact) mass is 413 g/mol. The quantitative estimate of drug-likeness (QED) is 0.434. The van der Waals surface area contributed by atoms with E-state index in [9.17, 15) is 4.79 Å². The highest BCUT2D eigenvalue weighted by molar-refractivity contribution is 5.85. The van der Waals surface area contributed by atoms with E-state index in [2.05, 4.69) is 16.6 Å². The highest BCUT2D eigenvalue weighted by atomic mass is 16.5. The number of amides is 1. The molecule has 3 rings (SSSR count). The Kier molecular flexibility index (Phi) is 7.39. The summed E-state index contributed by atoms with van der Waals surface area (Å²) in [6.45, 7) is 3.74. The van der Waals surface area contributed by atoms with Crippen molar-refractivity contribution in [1.29, 1.82) is 5.26 Å². The Morgan fingerprint density at radius 3 is 2.32 bits per heavy atom. The molecular formula is C25H23N3O3. The first-order chi connectivity index (χ1) is 15.0. The van der Waals surface area contributed by atoms with Crippen molar-refractivity contribution in [1.82, 2.24) is 5.43 Å². The van der Waals surface area contributed by atoms with Crippen LogP contribution in [0.25, 0.3) is 11.1 Å². The maximum Gasteiger partial charge on any atom is 0.277 e. The minimum Gasteiger partial charge on any atom is -0.490 e. The minimum atomic E-state index is -0.366. The first-order valence-electron chi connectivity index (χ1n) is 9.86. The molecule has 1 amide bonds. The van der Waals surface area contributed by atoms with E-state index in [-0.39, 0.29) is 18.6 Å². The van der Waals surface area contributed by atoms with Gasteiger partial charge in [-0.05, 0) is 61.4 Å². The molecule has 3 aromatic carbocycles. The second-order valence-corrected chi connectivity index (χ2v) is 7.00. The zero-order valence-corrected chi connectivity index (χ0v) is 17.4. The van der Waals surface area contributed by atoms with Crippen LogP contribution in [0.5, 0.6) is 11.5 Å². The Hall–Kier alpha value is -4.11. The lowest BCUT2D eigenvalue weighted by Crippen LogP contribution is -2.24. The van der Waals surface area contributed by atoms with Crippen LogP contribution in [-0.4, -0.2) is 24.8 Å². The number of ether oxygens (including phenoxy) is 2. The summed E-state index contributed by atoms with van der Waals surface area (Å²) in [7, 11) is 0. The Labute approximate surface area is 181 Å². The van der Waals surface area contributed by atoms with Crippen molar-refractivity contribution in [2.75, 3.05) is 6.61 Å². The molecule has 0 aliphatic carbocycles. The third-order valence-corrected chi connectivity index (χ3v) is 4.25. The van der Waals surface area contributed by atoms with E-state index in [1.165, 1.54) is 0 Å². The van der Waals surface area contributed by atoms with Gasteiger partial charge in [0.2, 0.25) is 0 Å². The molecule has 0 heterocycles. The van der Waals surface area contributed by atoms with E-state index in [4.69, 9.17) is 14.7 Å². The van der Waals surface area contributed by atoms with Crippen molar-refractivity contribution in [2.24, 2.45) is 5.10 Å². The SMILES string of the molecule is CC(C)Oc1ccccc1C=NNC(=O)COc1ccc(-c2ccc(C#N)cc2)cc1. The zero-order valence-electron chi connectivity index (χ0n) is 17.4. The third kappa shape index (κ3) is 6.44. The number of para-hydroxylation sites is 1. The first-order valence-corrected chi connectivity index (χ1v) is 9.86. The molecule has 0 aliphatic heterocycles. The van der Waals surface area contributed by atoms with Crippen LogP contribution in [-0.2, 0) is 4.79 Å². The van der Waals surface area contributed by atoms with Crippen LogP contribution >= 0.6 is 0 Å². The number of carbonyl (C=O) groups excluding carboxylic acids is 1. The fraction of sp³-hybridized carbons (Fsp3) is 0.160. The number of hydrogen-bond acceptors (Lipinski definition) is 5. The van der Waals surface area contributed by atoms with Crippen molar-refractivity contribution >= 4 is 12.1 Å². The molecule has 0 aliphatic rings. The van der Waals surface area contributed by atoms with Gasteiger partial charge in [0.25, 0.3) is 5.91 Å². The molecule has 0 saturated carbocycles. The maximum atomic E-state index is 12.0. The molecule has 1 N–H and O–H groups in total. The predicted octanol–water partition coefficient (Wildman–Crippen LogP) is 4.54. The molecule has 0 spiro atoms. The Balaban J connectivity index is 1.51. The van der Waals surface area contributed by atoms with Crippen LogP contribution in [0.3, 0.4) is 0 Å². The van der Waals surface area contributed by atoms with Gasteiger partial charge >= 0.3 is 0 Å². The zero-order chi connectivity index (χ0) is 22.1. The lowest BCUT2D eigenvalue weighted by atomic mass is 10.0. The number of nitrogens with zero attached hydrogens (tertiary/aromatic N) is 2. The molecule has 0 fully saturated rings. The molecule has 0 atom stereocenters. The molecule has 0 bridgehead atoms. The fourth-order valence-electron chi connectivity index (χ4n) is 2.78. The van der Waals surface area contributed by atoms with Crippen molar-refractivity contribution in [3.05, 3.63) is 83.9 Å². The Morgan fingerprint density at radius 2 is 1.68 bits per heavy atom. The molecule has 31 heavy (non-hydrogen) atoms. The lowest BCUT2D eigenvalue weighted by molar-refractivity contribution is -0.123. The molecule has 0 unspecified atom stereocenters.